The minimum absolute atomic E-state index is 0.420. The van der Waals surface area contributed by atoms with E-state index >= 15 is 0 Å². The molecule has 0 saturated carbocycles. The van der Waals surface area contributed by atoms with Gasteiger partial charge in [0.1, 0.15) is 6.04 Å². The molecule has 0 saturated heterocycles. The van der Waals surface area contributed by atoms with E-state index in [9.17, 15) is 9.59 Å². The maximum Gasteiger partial charge on any atom is 0.326 e. The number of carbonyl (C=O) groups is 2. The topological polar surface area (TPSA) is 92.4 Å². The summed E-state index contributed by atoms with van der Waals surface area (Å²) in [5.74, 6) is -1.36. The van der Waals surface area contributed by atoms with E-state index in [1.165, 1.54) is 0 Å². The number of carboxylic acids is 1. The van der Waals surface area contributed by atoms with E-state index in [2.05, 4.69) is 5.32 Å². The summed E-state index contributed by atoms with van der Waals surface area (Å²) < 4.78 is 0. The first kappa shape index (κ1) is 15.0. The first-order chi connectivity index (χ1) is 8.95. The Morgan fingerprint density at radius 3 is 2.58 bits per heavy atom. The van der Waals surface area contributed by atoms with Gasteiger partial charge < -0.3 is 16.2 Å². The Kier molecular flexibility index (Phi) is 5.36. The molecule has 104 valence electrons. The van der Waals surface area contributed by atoms with E-state index < -0.39 is 17.9 Å². The predicted octanol–water partition coefficient (Wildman–Crippen LogP) is 2.15. The number of anilines is 1. The van der Waals surface area contributed by atoms with E-state index in [0.29, 0.717) is 17.7 Å². The molecule has 1 aromatic carbocycles. The number of primary amides is 1. The van der Waals surface area contributed by atoms with Crippen LogP contribution in [0, 0.1) is 6.92 Å². The summed E-state index contributed by atoms with van der Waals surface area (Å²) in [5, 5.41) is 12.2. The molecule has 1 amide bonds. The Morgan fingerprint density at radius 1 is 1.42 bits per heavy atom. The molecular weight excluding hydrogens is 244 g/mol. The van der Waals surface area contributed by atoms with Gasteiger partial charge in [0, 0.05) is 11.3 Å². The highest BCUT2D eigenvalue weighted by molar-refractivity contribution is 5.93. The highest BCUT2D eigenvalue weighted by Gasteiger charge is 2.17. The lowest BCUT2D eigenvalue weighted by atomic mass is 10.1. The number of carboxylic acid groups (broad SMARTS) is 1. The molecule has 0 bridgehead atoms. The van der Waals surface area contributed by atoms with Crippen LogP contribution >= 0.6 is 0 Å². The second kappa shape index (κ2) is 6.78. The maximum atomic E-state index is 11.2. The highest BCUT2D eigenvalue weighted by Crippen LogP contribution is 2.19. The highest BCUT2D eigenvalue weighted by atomic mass is 16.4. The van der Waals surface area contributed by atoms with Crippen LogP contribution < -0.4 is 11.1 Å². The van der Waals surface area contributed by atoms with Crippen molar-refractivity contribution in [1.29, 1.82) is 0 Å². The zero-order valence-electron chi connectivity index (χ0n) is 11.3. The normalized spacial score (nSPS) is 11.9. The zero-order chi connectivity index (χ0) is 14.4. The van der Waals surface area contributed by atoms with E-state index in [4.69, 9.17) is 10.8 Å². The number of hydrogen-bond donors (Lipinski definition) is 3. The number of nitrogens with two attached hydrogens (primary N) is 1. The van der Waals surface area contributed by atoms with Crippen LogP contribution in [0.3, 0.4) is 0 Å². The average Bonchev–Trinajstić information content (AvgIpc) is 2.35. The summed E-state index contributed by atoms with van der Waals surface area (Å²) in [6.07, 6.45) is 2.37. The summed E-state index contributed by atoms with van der Waals surface area (Å²) in [7, 11) is 0. The molecule has 0 fully saturated rings. The maximum absolute atomic E-state index is 11.2. The van der Waals surface area contributed by atoms with E-state index in [1.54, 1.807) is 18.2 Å². The zero-order valence-corrected chi connectivity index (χ0v) is 11.3. The van der Waals surface area contributed by atoms with Crippen LogP contribution in [0.2, 0.25) is 0 Å². The van der Waals surface area contributed by atoms with E-state index in [1.807, 2.05) is 13.8 Å². The number of aryl methyl sites for hydroxylation is 1. The molecule has 0 aliphatic rings. The SMILES string of the molecule is CCCCC(Nc1ccc(C(N)=O)cc1C)C(=O)O. The minimum atomic E-state index is -0.869. The second-order valence-corrected chi connectivity index (χ2v) is 4.57. The van der Waals surface area contributed by atoms with Gasteiger partial charge in [-0.3, -0.25) is 4.79 Å². The lowest BCUT2D eigenvalue weighted by Gasteiger charge is -2.17. The second-order valence-electron chi connectivity index (χ2n) is 4.57. The number of nitrogens with one attached hydrogen (secondary N) is 1. The van der Waals surface area contributed by atoms with Crippen molar-refractivity contribution in [2.45, 2.75) is 39.2 Å². The van der Waals surface area contributed by atoms with E-state index in [-0.39, 0.29) is 0 Å². The Labute approximate surface area is 112 Å². The van der Waals surface area contributed by atoms with Gasteiger partial charge in [-0.15, -0.1) is 0 Å². The number of aliphatic carboxylic acids is 1. The van der Waals surface area contributed by atoms with Crippen molar-refractivity contribution >= 4 is 17.6 Å². The molecular formula is C14H20N2O3. The van der Waals surface area contributed by atoms with Crippen molar-refractivity contribution in [3.05, 3.63) is 29.3 Å². The van der Waals surface area contributed by atoms with Crippen LogP contribution in [0.15, 0.2) is 18.2 Å². The molecule has 1 rings (SSSR count). The summed E-state index contributed by atoms with van der Waals surface area (Å²) in [4.78, 5) is 22.2. The lowest BCUT2D eigenvalue weighted by molar-refractivity contribution is -0.138. The molecule has 1 aromatic rings. The van der Waals surface area contributed by atoms with Gasteiger partial charge in [-0.2, -0.15) is 0 Å². The van der Waals surface area contributed by atoms with Crippen molar-refractivity contribution in [1.82, 2.24) is 0 Å². The molecule has 5 heteroatoms. The molecule has 0 radical (unpaired) electrons. The summed E-state index contributed by atoms with van der Waals surface area (Å²) >= 11 is 0. The molecule has 5 nitrogen and oxygen atoms in total. The molecule has 0 spiro atoms. The lowest BCUT2D eigenvalue weighted by Crippen LogP contribution is -2.29. The number of unbranched alkanes of at least 4 members (excludes halogenated alkanes) is 1. The Balaban J connectivity index is 2.84. The van der Waals surface area contributed by atoms with Crippen molar-refractivity contribution in [2.75, 3.05) is 5.32 Å². The van der Waals surface area contributed by atoms with Crippen LogP contribution in [-0.4, -0.2) is 23.0 Å². The summed E-state index contributed by atoms with van der Waals surface area (Å²) in [5.41, 5.74) is 7.14. The Morgan fingerprint density at radius 2 is 2.11 bits per heavy atom. The third-order valence-electron chi connectivity index (χ3n) is 2.99. The average molecular weight is 264 g/mol. The smallest absolute Gasteiger partial charge is 0.326 e. The number of hydrogen-bond acceptors (Lipinski definition) is 3. The van der Waals surface area contributed by atoms with Crippen LogP contribution in [-0.2, 0) is 4.79 Å². The van der Waals surface area contributed by atoms with Gasteiger partial charge in [0.15, 0.2) is 0 Å². The Bertz CT molecular complexity index is 472. The van der Waals surface area contributed by atoms with Crippen LogP contribution in [0.4, 0.5) is 5.69 Å². The van der Waals surface area contributed by atoms with Gasteiger partial charge in [0.05, 0.1) is 0 Å². The standard InChI is InChI=1S/C14H20N2O3/c1-3-4-5-12(14(18)19)16-11-7-6-10(13(15)17)8-9(11)2/h6-8,12,16H,3-5H2,1-2H3,(H2,15,17)(H,18,19). The largest absolute Gasteiger partial charge is 0.480 e. The molecule has 1 unspecified atom stereocenters. The minimum Gasteiger partial charge on any atom is -0.480 e. The number of amides is 1. The van der Waals surface area contributed by atoms with Crippen molar-refractivity contribution in [2.24, 2.45) is 5.73 Å². The number of carbonyl (C=O) groups excluding carboxylic acids is 1. The predicted molar refractivity (Wildman–Crippen MR) is 74.3 cm³/mol. The van der Waals surface area contributed by atoms with Gasteiger partial charge in [-0.25, -0.2) is 4.79 Å². The third kappa shape index (κ3) is 4.28. The summed E-state index contributed by atoms with van der Waals surface area (Å²) in [6.45, 7) is 3.83. The van der Waals surface area contributed by atoms with Crippen molar-refractivity contribution in [3.8, 4) is 0 Å². The molecule has 1 atom stereocenters. The fourth-order valence-corrected chi connectivity index (χ4v) is 1.83. The molecule has 0 heterocycles. The molecule has 4 N–H and O–H groups in total. The van der Waals surface area contributed by atoms with Gasteiger partial charge in [-0.1, -0.05) is 19.8 Å². The summed E-state index contributed by atoms with van der Waals surface area (Å²) in [6, 6.07) is 4.33. The quantitative estimate of drug-likeness (QED) is 0.703. The van der Waals surface area contributed by atoms with Gasteiger partial charge in [0.25, 0.3) is 0 Å². The molecule has 19 heavy (non-hydrogen) atoms. The first-order valence-electron chi connectivity index (χ1n) is 6.35. The van der Waals surface area contributed by atoms with Gasteiger partial charge in [-0.05, 0) is 37.1 Å². The fourth-order valence-electron chi connectivity index (χ4n) is 1.83. The molecule has 0 aliphatic heterocycles. The van der Waals surface area contributed by atoms with Gasteiger partial charge >= 0.3 is 5.97 Å². The van der Waals surface area contributed by atoms with Crippen LogP contribution in [0.1, 0.15) is 42.1 Å². The van der Waals surface area contributed by atoms with Crippen molar-refractivity contribution < 1.29 is 14.7 Å². The fraction of sp³-hybridized carbons (Fsp3) is 0.429. The van der Waals surface area contributed by atoms with Gasteiger partial charge in [0.2, 0.25) is 5.91 Å². The van der Waals surface area contributed by atoms with E-state index in [0.717, 1.165) is 18.4 Å². The number of benzene rings is 1. The number of rotatable bonds is 7. The molecule has 0 aliphatic carbocycles. The monoisotopic (exact) mass is 264 g/mol. The van der Waals surface area contributed by atoms with Crippen molar-refractivity contribution in [3.63, 3.8) is 0 Å². The Hall–Kier alpha value is -2.04. The third-order valence-corrected chi connectivity index (χ3v) is 2.99. The molecule has 0 aromatic heterocycles. The van der Waals surface area contributed by atoms with Crippen LogP contribution in [0.25, 0.3) is 0 Å². The van der Waals surface area contributed by atoms with Crippen LogP contribution in [0.5, 0.6) is 0 Å². The first-order valence-corrected chi connectivity index (χ1v) is 6.35.